The molecule has 0 saturated carbocycles. The number of piperidine rings is 1. The number of carbonyl (C=O) groups excluding carboxylic acids is 1. The second kappa shape index (κ2) is 7.83. The van der Waals surface area contributed by atoms with Gasteiger partial charge in [0, 0.05) is 12.5 Å². The lowest BCUT2D eigenvalue weighted by molar-refractivity contribution is -0.121. The molecule has 24 heavy (non-hydrogen) atoms. The Morgan fingerprint density at radius 2 is 2.25 bits per heavy atom. The summed E-state index contributed by atoms with van der Waals surface area (Å²) in [5.74, 6) is -0.853. The molecule has 1 aromatic heterocycles. The van der Waals surface area contributed by atoms with Crippen LogP contribution < -0.4 is 10.9 Å². The van der Waals surface area contributed by atoms with Crippen molar-refractivity contribution in [2.75, 3.05) is 6.54 Å². The van der Waals surface area contributed by atoms with Crippen molar-refractivity contribution in [2.24, 2.45) is 0 Å². The Morgan fingerprint density at radius 3 is 3.00 bits per heavy atom. The highest BCUT2D eigenvalue weighted by molar-refractivity contribution is 5.85. The van der Waals surface area contributed by atoms with Gasteiger partial charge in [-0.2, -0.15) is 0 Å². The number of benzene rings is 1. The second-order valence-corrected chi connectivity index (χ2v) is 5.82. The second-order valence-electron chi connectivity index (χ2n) is 5.82. The molecular formula is C16H19ClFN3O3. The lowest BCUT2D eigenvalue weighted by Gasteiger charge is -2.28. The summed E-state index contributed by atoms with van der Waals surface area (Å²) in [6.07, 6.45) is 2.36. The number of halogens is 2. The molecule has 0 amide bonds. The van der Waals surface area contributed by atoms with Crippen molar-refractivity contribution in [3.63, 3.8) is 0 Å². The molecule has 130 valence electrons. The van der Waals surface area contributed by atoms with Gasteiger partial charge in [-0.3, -0.25) is 14.2 Å². The number of Topliss-reactive ketones (excluding diaryl/α,β-unsaturated/α-hetero) is 1. The smallest absolute Gasteiger partial charge is 0.264 e. The minimum atomic E-state index is -0.647. The third-order valence-electron chi connectivity index (χ3n) is 4.14. The van der Waals surface area contributed by atoms with Gasteiger partial charge in [0.25, 0.3) is 5.56 Å². The Labute approximate surface area is 144 Å². The first-order valence-electron chi connectivity index (χ1n) is 7.63. The summed E-state index contributed by atoms with van der Waals surface area (Å²) >= 11 is 0. The van der Waals surface area contributed by atoms with E-state index in [1.54, 1.807) is 6.07 Å². The molecule has 0 unspecified atom stereocenters. The lowest BCUT2D eigenvalue weighted by Crippen LogP contribution is -2.46. The molecule has 2 N–H and O–H groups in total. The molecule has 1 aliphatic rings. The summed E-state index contributed by atoms with van der Waals surface area (Å²) in [4.78, 5) is 28.5. The fourth-order valence-electron chi connectivity index (χ4n) is 2.92. The molecule has 1 fully saturated rings. The van der Waals surface area contributed by atoms with E-state index in [1.165, 1.54) is 18.5 Å². The van der Waals surface area contributed by atoms with Crippen LogP contribution in [0.2, 0.25) is 0 Å². The summed E-state index contributed by atoms with van der Waals surface area (Å²) < 4.78 is 14.9. The van der Waals surface area contributed by atoms with Crippen LogP contribution >= 0.6 is 12.4 Å². The van der Waals surface area contributed by atoms with Gasteiger partial charge in [-0.1, -0.05) is 6.07 Å². The summed E-state index contributed by atoms with van der Waals surface area (Å²) in [6.45, 7) is 0.582. The number of hydrogen-bond acceptors (Lipinski definition) is 5. The quantitative estimate of drug-likeness (QED) is 0.855. The van der Waals surface area contributed by atoms with Gasteiger partial charge in [0.05, 0.1) is 24.5 Å². The molecule has 8 heteroatoms. The van der Waals surface area contributed by atoms with E-state index < -0.39 is 17.5 Å². The predicted octanol–water partition coefficient (Wildman–Crippen LogP) is 1.03. The lowest BCUT2D eigenvalue weighted by atomic mass is 9.97. The molecule has 0 bridgehead atoms. The molecule has 0 aliphatic carbocycles. The standard InChI is InChI=1S/C16H18FN3O3.ClH/c17-11-3-1-4-12-15(11)16(23)20(9-19-12)8-10(21)7-13-14(22)5-2-6-18-13;/h1,3-4,9,13-14,18,22H,2,5-8H2;1H/t13-,14+;/m1./s1. The van der Waals surface area contributed by atoms with Crippen LogP contribution in [0.5, 0.6) is 0 Å². The van der Waals surface area contributed by atoms with Gasteiger partial charge in [-0.15, -0.1) is 12.4 Å². The number of hydrogen-bond donors (Lipinski definition) is 2. The molecule has 2 aromatic rings. The highest BCUT2D eigenvalue weighted by atomic mass is 35.5. The Hall–Kier alpha value is -1.83. The number of nitrogens with zero attached hydrogens (tertiary/aromatic N) is 2. The van der Waals surface area contributed by atoms with E-state index in [0.29, 0.717) is 6.42 Å². The van der Waals surface area contributed by atoms with Crippen LogP contribution in [-0.2, 0) is 11.3 Å². The first kappa shape index (κ1) is 18.5. The molecule has 0 radical (unpaired) electrons. The van der Waals surface area contributed by atoms with E-state index in [9.17, 15) is 19.1 Å². The van der Waals surface area contributed by atoms with Crippen molar-refractivity contribution in [3.05, 3.63) is 40.7 Å². The maximum absolute atomic E-state index is 13.8. The van der Waals surface area contributed by atoms with Gasteiger partial charge in [-0.05, 0) is 31.5 Å². The van der Waals surface area contributed by atoms with E-state index in [1.807, 2.05) is 0 Å². The SMILES string of the molecule is Cl.O=C(C[C@H]1NCCC[C@@H]1O)Cn1cnc2cccc(F)c2c1=O. The van der Waals surface area contributed by atoms with E-state index >= 15 is 0 Å². The average Bonchev–Trinajstić information content (AvgIpc) is 2.52. The molecule has 1 aromatic carbocycles. The Kier molecular flexibility index (Phi) is 6.04. The fraction of sp³-hybridized carbons (Fsp3) is 0.438. The summed E-state index contributed by atoms with van der Waals surface area (Å²) in [5.41, 5.74) is -0.304. The zero-order valence-corrected chi connectivity index (χ0v) is 13.8. The predicted molar refractivity (Wildman–Crippen MR) is 89.9 cm³/mol. The maximum atomic E-state index is 13.8. The molecule has 6 nitrogen and oxygen atoms in total. The topological polar surface area (TPSA) is 84.2 Å². The van der Waals surface area contributed by atoms with E-state index in [-0.39, 0.29) is 48.1 Å². The van der Waals surface area contributed by atoms with E-state index in [0.717, 1.165) is 17.5 Å². The van der Waals surface area contributed by atoms with E-state index in [4.69, 9.17) is 0 Å². The first-order chi connectivity index (χ1) is 11.1. The fourth-order valence-corrected chi connectivity index (χ4v) is 2.92. The van der Waals surface area contributed by atoms with Crippen molar-refractivity contribution in [3.8, 4) is 0 Å². The van der Waals surface area contributed by atoms with Gasteiger partial charge >= 0.3 is 0 Å². The minimum absolute atomic E-state index is 0. The summed E-state index contributed by atoms with van der Waals surface area (Å²) in [6, 6.07) is 3.93. The summed E-state index contributed by atoms with van der Waals surface area (Å²) in [5, 5.41) is 12.9. The number of ketones is 1. The van der Waals surface area contributed by atoms with Crippen LogP contribution in [0.1, 0.15) is 19.3 Å². The Balaban J connectivity index is 0.00000208. The third-order valence-corrected chi connectivity index (χ3v) is 4.14. The normalized spacial score (nSPS) is 20.6. The van der Waals surface area contributed by atoms with Crippen LogP contribution in [0.25, 0.3) is 10.9 Å². The molecule has 1 aliphatic heterocycles. The van der Waals surface area contributed by atoms with Crippen molar-refractivity contribution in [1.29, 1.82) is 0 Å². The molecule has 3 rings (SSSR count). The minimum Gasteiger partial charge on any atom is -0.391 e. The van der Waals surface area contributed by atoms with Gasteiger partial charge < -0.3 is 10.4 Å². The number of carbonyl (C=O) groups is 1. The number of rotatable bonds is 4. The maximum Gasteiger partial charge on any atom is 0.264 e. The number of nitrogens with one attached hydrogen (secondary N) is 1. The monoisotopic (exact) mass is 355 g/mol. The van der Waals surface area contributed by atoms with Crippen molar-refractivity contribution in [2.45, 2.75) is 38.0 Å². The number of aliphatic hydroxyl groups is 1. The number of aliphatic hydroxyl groups excluding tert-OH is 1. The van der Waals surface area contributed by atoms with E-state index in [2.05, 4.69) is 10.3 Å². The average molecular weight is 356 g/mol. The van der Waals surface area contributed by atoms with Crippen molar-refractivity contribution in [1.82, 2.24) is 14.9 Å². The Bertz CT molecular complexity index is 796. The van der Waals surface area contributed by atoms with Crippen LogP contribution in [0.15, 0.2) is 29.3 Å². The van der Waals surface area contributed by atoms with Gasteiger partial charge in [0.2, 0.25) is 0 Å². The number of fused-ring (bicyclic) bond motifs is 1. The summed E-state index contributed by atoms with van der Waals surface area (Å²) in [7, 11) is 0. The largest absolute Gasteiger partial charge is 0.391 e. The zero-order valence-electron chi connectivity index (χ0n) is 12.9. The van der Waals surface area contributed by atoms with Crippen LogP contribution in [0.4, 0.5) is 4.39 Å². The van der Waals surface area contributed by atoms with Gasteiger partial charge in [-0.25, -0.2) is 9.37 Å². The third kappa shape index (κ3) is 3.80. The molecule has 1 saturated heterocycles. The molecule has 2 heterocycles. The van der Waals surface area contributed by atoms with Crippen LogP contribution in [0.3, 0.4) is 0 Å². The van der Waals surface area contributed by atoms with Crippen molar-refractivity contribution < 1.29 is 14.3 Å². The molecule has 0 spiro atoms. The van der Waals surface area contributed by atoms with Gasteiger partial charge in [0.1, 0.15) is 11.2 Å². The Morgan fingerprint density at radius 1 is 1.46 bits per heavy atom. The zero-order chi connectivity index (χ0) is 16.4. The molecule has 2 atom stereocenters. The highest BCUT2D eigenvalue weighted by Gasteiger charge is 2.25. The first-order valence-corrected chi connectivity index (χ1v) is 7.63. The highest BCUT2D eigenvalue weighted by Crippen LogP contribution is 2.13. The number of aromatic nitrogens is 2. The van der Waals surface area contributed by atoms with Crippen LogP contribution in [0, 0.1) is 5.82 Å². The van der Waals surface area contributed by atoms with Crippen molar-refractivity contribution >= 4 is 29.1 Å². The molecular weight excluding hydrogens is 337 g/mol. The van der Waals surface area contributed by atoms with Gasteiger partial charge in [0.15, 0.2) is 5.78 Å². The van der Waals surface area contributed by atoms with Crippen LogP contribution in [-0.4, -0.2) is 39.1 Å².